The van der Waals surface area contributed by atoms with Crippen molar-refractivity contribution in [2.24, 2.45) is 0 Å². The Bertz CT molecular complexity index is 302. The number of piperidine rings is 1. The first-order valence-corrected chi connectivity index (χ1v) is 6.46. The van der Waals surface area contributed by atoms with Crippen molar-refractivity contribution in [2.75, 3.05) is 13.2 Å². The topological polar surface area (TPSA) is 58.6 Å². The Balaban J connectivity index is 1.94. The van der Waals surface area contributed by atoms with Gasteiger partial charge in [-0.3, -0.25) is 0 Å². The van der Waals surface area contributed by atoms with Crippen molar-refractivity contribution in [2.45, 2.75) is 51.1 Å². The lowest BCUT2D eigenvalue weighted by atomic mass is 10.0. The molecular weight excluding hydrogens is 220 g/mol. The van der Waals surface area contributed by atoms with Crippen LogP contribution >= 0.6 is 0 Å². The standard InChI is InChI=1S/C12H20N2O3/c1-2-17-11(15)10-5-3-4-8-14(10)12(16)13-9-6-7-9/h9-10H,2-8H2,1H3,(H,13,16). The molecule has 1 saturated heterocycles. The molecule has 5 nitrogen and oxygen atoms in total. The average molecular weight is 240 g/mol. The number of ether oxygens (including phenoxy) is 1. The summed E-state index contributed by atoms with van der Waals surface area (Å²) in [5.74, 6) is -0.266. The number of carbonyl (C=O) groups excluding carboxylic acids is 2. The van der Waals surface area contributed by atoms with Crippen LogP contribution < -0.4 is 5.32 Å². The summed E-state index contributed by atoms with van der Waals surface area (Å²) in [4.78, 5) is 25.4. The third-order valence-electron chi connectivity index (χ3n) is 3.23. The summed E-state index contributed by atoms with van der Waals surface area (Å²) in [7, 11) is 0. The summed E-state index contributed by atoms with van der Waals surface area (Å²) in [5, 5.41) is 2.93. The van der Waals surface area contributed by atoms with Crippen molar-refractivity contribution in [3.63, 3.8) is 0 Å². The van der Waals surface area contributed by atoms with Crippen LogP contribution in [0.1, 0.15) is 39.0 Å². The smallest absolute Gasteiger partial charge is 0.328 e. The summed E-state index contributed by atoms with van der Waals surface area (Å²) in [6.45, 7) is 2.81. The summed E-state index contributed by atoms with van der Waals surface area (Å²) < 4.78 is 5.02. The molecule has 17 heavy (non-hydrogen) atoms. The fraction of sp³-hybridized carbons (Fsp3) is 0.833. The van der Waals surface area contributed by atoms with Crippen LogP contribution in [0, 0.1) is 0 Å². The fourth-order valence-corrected chi connectivity index (χ4v) is 2.14. The highest BCUT2D eigenvalue weighted by molar-refractivity contribution is 5.84. The summed E-state index contributed by atoms with van der Waals surface area (Å²) >= 11 is 0. The second-order valence-electron chi connectivity index (χ2n) is 4.68. The van der Waals surface area contributed by atoms with E-state index in [1.54, 1.807) is 11.8 Å². The van der Waals surface area contributed by atoms with Crippen LogP contribution in [0.4, 0.5) is 4.79 Å². The molecule has 1 aliphatic carbocycles. The molecule has 0 aromatic rings. The number of carbonyl (C=O) groups is 2. The van der Waals surface area contributed by atoms with Crippen molar-refractivity contribution in [3.8, 4) is 0 Å². The van der Waals surface area contributed by atoms with E-state index in [0.717, 1.165) is 32.1 Å². The maximum Gasteiger partial charge on any atom is 0.328 e. The van der Waals surface area contributed by atoms with Crippen molar-refractivity contribution in [1.82, 2.24) is 10.2 Å². The highest BCUT2D eigenvalue weighted by Crippen LogP contribution is 2.22. The van der Waals surface area contributed by atoms with E-state index in [1.165, 1.54) is 0 Å². The summed E-state index contributed by atoms with van der Waals surface area (Å²) in [6.07, 6.45) is 4.79. The molecule has 0 radical (unpaired) electrons. The van der Waals surface area contributed by atoms with Crippen molar-refractivity contribution >= 4 is 12.0 Å². The van der Waals surface area contributed by atoms with Gasteiger partial charge in [0.05, 0.1) is 6.61 Å². The molecule has 2 rings (SSSR count). The molecule has 2 aliphatic rings. The number of rotatable bonds is 3. The molecule has 1 unspecified atom stereocenters. The minimum Gasteiger partial charge on any atom is -0.464 e. The normalized spacial score (nSPS) is 24.3. The van der Waals surface area contributed by atoms with Gasteiger partial charge in [0.2, 0.25) is 0 Å². The number of esters is 1. The lowest BCUT2D eigenvalue weighted by Crippen LogP contribution is -2.52. The molecule has 1 aliphatic heterocycles. The van der Waals surface area contributed by atoms with Gasteiger partial charge in [0.1, 0.15) is 6.04 Å². The highest BCUT2D eigenvalue weighted by atomic mass is 16.5. The van der Waals surface area contributed by atoms with E-state index >= 15 is 0 Å². The Morgan fingerprint density at radius 1 is 1.29 bits per heavy atom. The van der Waals surface area contributed by atoms with Gasteiger partial charge < -0.3 is 15.0 Å². The van der Waals surface area contributed by atoms with Gasteiger partial charge in [-0.25, -0.2) is 9.59 Å². The minimum atomic E-state index is -0.387. The first-order valence-electron chi connectivity index (χ1n) is 6.46. The second kappa shape index (κ2) is 5.38. The molecule has 0 aromatic heterocycles. The zero-order valence-corrected chi connectivity index (χ0v) is 10.3. The molecule has 0 spiro atoms. The Labute approximate surface area is 101 Å². The van der Waals surface area contributed by atoms with Gasteiger partial charge in [-0.15, -0.1) is 0 Å². The summed E-state index contributed by atoms with van der Waals surface area (Å²) in [5.41, 5.74) is 0. The first kappa shape index (κ1) is 12.2. The van der Waals surface area contributed by atoms with Crippen LogP contribution in [0.25, 0.3) is 0 Å². The molecule has 0 bridgehead atoms. The highest BCUT2D eigenvalue weighted by Gasteiger charge is 2.35. The zero-order valence-electron chi connectivity index (χ0n) is 10.3. The lowest BCUT2D eigenvalue weighted by molar-refractivity contribution is -0.149. The quantitative estimate of drug-likeness (QED) is 0.756. The number of likely N-dealkylation sites (tertiary alicyclic amines) is 1. The SMILES string of the molecule is CCOC(=O)C1CCCCN1C(=O)NC1CC1. The van der Waals surface area contributed by atoms with E-state index in [-0.39, 0.29) is 18.0 Å². The molecule has 1 N–H and O–H groups in total. The third kappa shape index (κ3) is 3.11. The number of nitrogens with one attached hydrogen (secondary N) is 1. The molecule has 1 saturated carbocycles. The van der Waals surface area contributed by atoms with Crippen LogP contribution in [-0.4, -0.2) is 42.1 Å². The van der Waals surface area contributed by atoms with Gasteiger partial charge in [-0.1, -0.05) is 0 Å². The van der Waals surface area contributed by atoms with E-state index in [4.69, 9.17) is 4.74 Å². The van der Waals surface area contributed by atoms with Gasteiger partial charge in [-0.05, 0) is 39.0 Å². The molecule has 5 heteroatoms. The van der Waals surface area contributed by atoms with Crippen LogP contribution in [0.15, 0.2) is 0 Å². The Hall–Kier alpha value is -1.26. The van der Waals surface area contributed by atoms with Gasteiger partial charge >= 0.3 is 12.0 Å². The van der Waals surface area contributed by atoms with Crippen molar-refractivity contribution in [3.05, 3.63) is 0 Å². The number of urea groups is 1. The van der Waals surface area contributed by atoms with Crippen molar-refractivity contribution < 1.29 is 14.3 Å². The third-order valence-corrected chi connectivity index (χ3v) is 3.23. The minimum absolute atomic E-state index is 0.106. The van der Waals surface area contributed by atoms with E-state index in [2.05, 4.69) is 5.32 Å². The number of nitrogens with zero attached hydrogens (tertiary/aromatic N) is 1. The van der Waals surface area contributed by atoms with Gasteiger partial charge in [-0.2, -0.15) is 0 Å². The fourth-order valence-electron chi connectivity index (χ4n) is 2.14. The van der Waals surface area contributed by atoms with Crippen LogP contribution in [0.3, 0.4) is 0 Å². The molecule has 2 amide bonds. The average Bonchev–Trinajstić information content (AvgIpc) is 3.13. The van der Waals surface area contributed by atoms with E-state index in [0.29, 0.717) is 19.2 Å². The Morgan fingerprint density at radius 3 is 2.71 bits per heavy atom. The lowest BCUT2D eigenvalue weighted by Gasteiger charge is -2.33. The van der Waals surface area contributed by atoms with Gasteiger partial charge in [0.15, 0.2) is 0 Å². The maximum absolute atomic E-state index is 12.0. The van der Waals surface area contributed by atoms with E-state index < -0.39 is 0 Å². The largest absolute Gasteiger partial charge is 0.464 e. The van der Waals surface area contributed by atoms with Crippen LogP contribution in [0.2, 0.25) is 0 Å². The number of hydrogen-bond acceptors (Lipinski definition) is 3. The predicted molar refractivity (Wildman–Crippen MR) is 62.5 cm³/mol. The van der Waals surface area contributed by atoms with E-state index in [9.17, 15) is 9.59 Å². The summed E-state index contributed by atoms with van der Waals surface area (Å²) in [6, 6.07) is -0.167. The zero-order chi connectivity index (χ0) is 12.3. The van der Waals surface area contributed by atoms with Crippen molar-refractivity contribution in [1.29, 1.82) is 0 Å². The Kier molecular flexibility index (Phi) is 3.86. The number of amides is 2. The maximum atomic E-state index is 12.0. The Morgan fingerprint density at radius 2 is 2.06 bits per heavy atom. The molecule has 1 heterocycles. The van der Waals surface area contributed by atoms with Crippen LogP contribution in [-0.2, 0) is 9.53 Å². The molecule has 1 atom stereocenters. The monoisotopic (exact) mass is 240 g/mol. The molecule has 0 aromatic carbocycles. The van der Waals surface area contributed by atoms with Gasteiger partial charge in [0.25, 0.3) is 0 Å². The molecule has 2 fully saturated rings. The van der Waals surface area contributed by atoms with E-state index in [1.807, 2.05) is 0 Å². The van der Waals surface area contributed by atoms with Gasteiger partial charge in [0, 0.05) is 12.6 Å². The first-order chi connectivity index (χ1) is 8.22. The second-order valence-corrected chi connectivity index (χ2v) is 4.68. The molecular formula is C12H20N2O3. The predicted octanol–water partition coefficient (Wildman–Crippen LogP) is 1.28. The number of hydrogen-bond donors (Lipinski definition) is 1. The van der Waals surface area contributed by atoms with Crippen LogP contribution in [0.5, 0.6) is 0 Å². The molecule has 96 valence electrons.